The largest absolute Gasteiger partial charge is 0.327 e. The number of rotatable bonds is 3. The SMILES string of the molecule is Cc1cc(NC(=O)C(C)C(C)N)c(Cl)cc1F. The highest BCUT2D eigenvalue weighted by molar-refractivity contribution is 6.33. The number of nitrogens with one attached hydrogen (secondary N) is 1. The molecule has 2 atom stereocenters. The molecule has 0 spiro atoms. The lowest BCUT2D eigenvalue weighted by Gasteiger charge is -2.16. The smallest absolute Gasteiger partial charge is 0.228 e. The minimum atomic E-state index is -0.395. The lowest BCUT2D eigenvalue weighted by Crippen LogP contribution is -2.34. The van der Waals surface area contributed by atoms with Gasteiger partial charge in [0.25, 0.3) is 0 Å². The number of anilines is 1. The third-order valence-electron chi connectivity index (χ3n) is 2.71. The van der Waals surface area contributed by atoms with Gasteiger partial charge in [0.15, 0.2) is 0 Å². The zero-order valence-corrected chi connectivity index (χ0v) is 10.8. The number of aryl methyl sites for hydroxylation is 1. The molecular formula is C12H16ClFN2O. The second-order valence-corrected chi connectivity index (χ2v) is 4.63. The van der Waals surface area contributed by atoms with Crippen LogP contribution >= 0.6 is 11.6 Å². The van der Waals surface area contributed by atoms with Crippen molar-refractivity contribution in [3.05, 3.63) is 28.5 Å². The van der Waals surface area contributed by atoms with Crippen molar-refractivity contribution in [3.63, 3.8) is 0 Å². The highest BCUT2D eigenvalue weighted by atomic mass is 35.5. The Morgan fingerprint density at radius 2 is 2.06 bits per heavy atom. The summed E-state index contributed by atoms with van der Waals surface area (Å²) >= 11 is 5.84. The van der Waals surface area contributed by atoms with E-state index in [0.717, 1.165) is 0 Å². The van der Waals surface area contributed by atoms with Crippen LogP contribution in [-0.4, -0.2) is 11.9 Å². The van der Waals surface area contributed by atoms with Crippen LogP contribution in [0.4, 0.5) is 10.1 Å². The maximum absolute atomic E-state index is 13.2. The van der Waals surface area contributed by atoms with E-state index in [1.54, 1.807) is 20.8 Å². The fraction of sp³-hybridized carbons (Fsp3) is 0.417. The fourth-order valence-electron chi connectivity index (χ4n) is 1.24. The van der Waals surface area contributed by atoms with Gasteiger partial charge in [0.1, 0.15) is 5.82 Å². The first-order chi connectivity index (χ1) is 7.82. The first kappa shape index (κ1) is 13.9. The predicted octanol–water partition coefficient (Wildman–Crippen LogP) is 2.71. The summed E-state index contributed by atoms with van der Waals surface area (Å²) in [5.41, 5.74) is 6.46. The normalized spacial score (nSPS) is 14.2. The van der Waals surface area contributed by atoms with E-state index in [4.69, 9.17) is 17.3 Å². The second-order valence-electron chi connectivity index (χ2n) is 4.22. The zero-order chi connectivity index (χ0) is 13.2. The molecule has 3 N–H and O–H groups in total. The maximum Gasteiger partial charge on any atom is 0.228 e. The Hall–Kier alpha value is -1.13. The standard InChI is InChI=1S/C12H16ClFN2O/c1-6-4-11(9(13)5-10(6)14)16-12(17)7(2)8(3)15/h4-5,7-8H,15H2,1-3H3,(H,16,17). The summed E-state index contributed by atoms with van der Waals surface area (Å²) in [7, 11) is 0. The molecule has 0 aliphatic heterocycles. The lowest BCUT2D eigenvalue weighted by atomic mass is 10.0. The molecule has 1 aromatic carbocycles. The third-order valence-corrected chi connectivity index (χ3v) is 3.02. The molecule has 1 rings (SSSR count). The molecule has 0 aromatic heterocycles. The highest BCUT2D eigenvalue weighted by Gasteiger charge is 2.18. The van der Waals surface area contributed by atoms with Crippen LogP contribution in [0.15, 0.2) is 12.1 Å². The van der Waals surface area contributed by atoms with Crippen molar-refractivity contribution in [1.82, 2.24) is 0 Å². The van der Waals surface area contributed by atoms with E-state index < -0.39 is 5.82 Å². The van der Waals surface area contributed by atoms with Crippen LogP contribution in [0, 0.1) is 18.7 Å². The van der Waals surface area contributed by atoms with Crippen molar-refractivity contribution < 1.29 is 9.18 Å². The number of hydrogen-bond donors (Lipinski definition) is 2. The van der Waals surface area contributed by atoms with E-state index in [-0.39, 0.29) is 22.9 Å². The van der Waals surface area contributed by atoms with Gasteiger partial charge in [-0.2, -0.15) is 0 Å². The number of hydrogen-bond acceptors (Lipinski definition) is 2. The molecule has 0 fully saturated rings. The van der Waals surface area contributed by atoms with E-state index in [1.807, 2.05) is 0 Å². The minimum absolute atomic E-state index is 0.179. The number of amides is 1. The molecule has 0 radical (unpaired) electrons. The first-order valence-electron chi connectivity index (χ1n) is 5.35. The molecule has 5 heteroatoms. The van der Waals surface area contributed by atoms with Crippen LogP contribution < -0.4 is 11.1 Å². The van der Waals surface area contributed by atoms with E-state index >= 15 is 0 Å². The van der Waals surface area contributed by atoms with E-state index in [1.165, 1.54) is 12.1 Å². The Balaban J connectivity index is 2.89. The fourth-order valence-corrected chi connectivity index (χ4v) is 1.44. The van der Waals surface area contributed by atoms with Gasteiger partial charge >= 0.3 is 0 Å². The molecule has 0 aliphatic rings. The van der Waals surface area contributed by atoms with Gasteiger partial charge in [-0.05, 0) is 31.5 Å². The van der Waals surface area contributed by atoms with Crippen molar-refractivity contribution in [2.75, 3.05) is 5.32 Å². The minimum Gasteiger partial charge on any atom is -0.327 e. The molecule has 3 nitrogen and oxygen atoms in total. The quantitative estimate of drug-likeness (QED) is 0.876. The molecule has 17 heavy (non-hydrogen) atoms. The highest BCUT2D eigenvalue weighted by Crippen LogP contribution is 2.25. The van der Waals surface area contributed by atoms with Crippen LogP contribution in [0.3, 0.4) is 0 Å². The molecule has 0 aliphatic carbocycles. The maximum atomic E-state index is 13.2. The van der Waals surface area contributed by atoms with E-state index in [0.29, 0.717) is 11.3 Å². The molecule has 94 valence electrons. The molecular weight excluding hydrogens is 243 g/mol. The van der Waals surface area contributed by atoms with E-state index in [2.05, 4.69) is 5.32 Å². The topological polar surface area (TPSA) is 55.1 Å². The summed E-state index contributed by atoms with van der Waals surface area (Å²) in [6.45, 7) is 5.09. The molecule has 0 saturated heterocycles. The van der Waals surface area contributed by atoms with Crippen molar-refractivity contribution in [2.24, 2.45) is 11.7 Å². The Morgan fingerprint density at radius 1 is 1.47 bits per heavy atom. The Morgan fingerprint density at radius 3 is 2.59 bits per heavy atom. The van der Waals surface area contributed by atoms with Gasteiger partial charge in [0.2, 0.25) is 5.91 Å². The molecule has 1 aromatic rings. The summed E-state index contributed by atoms with van der Waals surface area (Å²) in [6, 6.07) is 2.43. The number of carbonyl (C=O) groups is 1. The van der Waals surface area contributed by atoms with Crippen LogP contribution in [0.1, 0.15) is 19.4 Å². The monoisotopic (exact) mass is 258 g/mol. The van der Waals surface area contributed by atoms with Gasteiger partial charge in [0.05, 0.1) is 16.6 Å². The van der Waals surface area contributed by atoms with Crippen molar-refractivity contribution in [1.29, 1.82) is 0 Å². The zero-order valence-electron chi connectivity index (χ0n) is 10.1. The predicted molar refractivity (Wildman–Crippen MR) is 67.6 cm³/mol. The van der Waals surface area contributed by atoms with Gasteiger partial charge in [-0.15, -0.1) is 0 Å². The van der Waals surface area contributed by atoms with Crippen molar-refractivity contribution in [3.8, 4) is 0 Å². The third kappa shape index (κ3) is 3.41. The van der Waals surface area contributed by atoms with Gasteiger partial charge < -0.3 is 11.1 Å². The molecule has 0 bridgehead atoms. The first-order valence-corrected chi connectivity index (χ1v) is 5.72. The second kappa shape index (κ2) is 5.47. The number of nitrogens with two attached hydrogens (primary N) is 1. The average Bonchev–Trinajstić information content (AvgIpc) is 2.24. The Bertz CT molecular complexity index is 435. The Kier molecular flexibility index (Phi) is 4.48. The van der Waals surface area contributed by atoms with Crippen LogP contribution in [0.25, 0.3) is 0 Å². The van der Waals surface area contributed by atoms with Crippen LogP contribution in [0.2, 0.25) is 5.02 Å². The van der Waals surface area contributed by atoms with Gasteiger partial charge in [-0.3, -0.25) is 4.79 Å². The van der Waals surface area contributed by atoms with Gasteiger partial charge in [0, 0.05) is 6.04 Å². The summed E-state index contributed by atoms with van der Waals surface area (Å²) in [5, 5.41) is 2.82. The van der Waals surface area contributed by atoms with Crippen molar-refractivity contribution >= 4 is 23.2 Å². The van der Waals surface area contributed by atoms with Crippen molar-refractivity contribution in [2.45, 2.75) is 26.8 Å². The molecule has 1 amide bonds. The van der Waals surface area contributed by atoms with Crippen LogP contribution in [0.5, 0.6) is 0 Å². The Labute approximate surface area is 105 Å². The summed E-state index contributed by atoms with van der Waals surface area (Å²) in [6.07, 6.45) is 0. The van der Waals surface area contributed by atoms with Gasteiger partial charge in [-0.25, -0.2) is 4.39 Å². The summed E-state index contributed by atoms with van der Waals surface area (Å²) in [5.74, 6) is -0.961. The van der Waals surface area contributed by atoms with Gasteiger partial charge in [-0.1, -0.05) is 18.5 Å². The molecule has 0 saturated carbocycles. The summed E-state index contributed by atoms with van der Waals surface area (Å²) < 4.78 is 13.2. The molecule has 2 unspecified atom stereocenters. The van der Waals surface area contributed by atoms with E-state index in [9.17, 15) is 9.18 Å². The number of carbonyl (C=O) groups excluding carboxylic acids is 1. The summed E-state index contributed by atoms with van der Waals surface area (Å²) in [4.78, 5) is 11.8. The molecule has 0 heterocycles. The lowest BCUT2D eigenvalue weighted by molar-refractivity contribution is -0.119. The van der Waals surface area contributed by atoms with Crippen LogP contribution in [-0.2, 0) is 4.79 Å². The average molecular weight is 259 g/mol. The number of benzene rings is 1. The number of halogens is 2.